The van der Waals surface area contributed by atoms with E-state index in [1.807, 2.05) is 0 Å². The van der Waals surface area contributed by atoms with E-state index in [2.05, 4.69) is 0 Å². The molecule has 11 heavy (non-hydrogen) atoms. The molecule has 0 aromatic rings. The molecule has 0 aliphatic heterocycles. The third kappa shape index (κ3) is 1.70. The van der Waals surface area contributed by atoms with Gasteiger partial charge in [0.05, 0.1) is 12.7 Å². The van der Waals surface area contributed by atoms with Crippen molar-refractivity contribution in [2.24, 2.45) is 5.41 Å². The number of aliphatic hydroxyl groups excluding tert-OH is 2. The minimum atomic E-state index is -1.39. The summed E-state index contributed by atoms with van der Waals surface area (Å²) < 4.78 is 0. The molecule has 0 rings (SSSR count). The molecule has 0 aromatic carbocycles. The van der Waals surface area contributed by atoms with E-state index in [4.69, 9.17) is 15.3 Å². The van der Waals surface area contributed by atoms with Gasteiger partial charge in [-0.25, -0.2) is 0 Å². The van der Waals surface area contributed by atoms with Crippen LogP contribution in [0.3, 0.4) is 0 Å². The minimum absolute atomic E-state index is 0.219. The smallest absolute Gasteiger partial charge is 0.314 e. The third-order valence-corrected chi connectivity index (χ3v) is 2.14. The molecule has 0 bridgehead atoms. The topological polar surface area (TPSA) is 77.8 Å². The van der Waals surface area contributed by atoms with E-state index >= 15 is 0 Å². The number of carbonyl (C=O) groups is 1. The van der Waals surface area contributed by atoms with Gasteiger partial charge in [-0.15, -0.1) is 0 Å². The van der Waals surface area contributed by atoms with Crippen LogP contribution in [0.4, 0.5) is 0 Å². The number of rotatable bonds is 4. The molecule has 3 N–H and O–H groups in total. The van der Waals surface area contributed by atoms with Crippen molar-refractivity contribution in [1.82, 2.24) is 0 Å². The number of carboxylic acids is 1. The lowest BCUT2D eigenvalue weighted by Gasteiger charge is -2.28. The van der Waals surface area contributed by atoms with Gasteiger partial charge in [-0.2, -0.15) is 0 Å². The molecule has 0 fully saturated rings. The second-order valence-electron chi connectivity index (χ2n) is 2.65. The molecule has 0 heterocycles. The largest absolute Gasteiger partial charge is 0.481 e. The van der Waals surface area contributed by atoms with E-state index in [1.165, 1.54) is 6.92 Å². The second-order valence-corrected chi connectivity index (χ2v) is 2.65. The van der Waals surface area contributed by atoms with Gasteiger partial charge in [0, 0.05) is 0 Å². The summed E-state index contributed by atoms with van der Waals surface area (Å²) in [6, 6.07) is 0. The van der Waals surface area contributed by atoms with E-state index in [9.17, 15) is 4.79 Å². The van der Waals surface area contributed by atoms with Gasteiger partial charge in [-0.05, 0) is 13.3 Å². The Hall–Kier alpha value is -0.610. The Morgan fingerprint density at radius 3 is 2.09 bits per heavy atom. The molecule has 66 valence electrons. The van der Waals surface area contributed by atoms with Crippen LogP contribution < -0.4 is 0 Å². The molecule has 2 unspecified atom stereocenters. The van der Waals surface area contributed by atoms with E-state index in [0.717, 1.165) is 0 Å². The summed E-state index contributed by atoms with van der Waals surface area (Å²) in [5, 5.41) is 26.5. The summed E-state index contributed by atoms with van der Waals surface area (Å²) in [6.45, 7) is 2.46. The molecule has 4 nitrogen and oxygen atoms in total. The molecule has 0 spiro atoms. The van der Waals surface area contributed by atoms with Crippen molar-refractivity contribution in [2.45, 2.75) is 26.4 Å². The Morgan fingerprint density at radius 1 is 1.64 bits per heavy atom. The zero-order valence-corrected chi connectivity index (χ0v) is 6.74. The van der Waals surface area contributed by atoms with Crippen molar-refractivity contribution < 1.29 is 20.1 Å². The maximum atomic E-state index is 10.6. The second kappa shape index (κ2) is 3.69. The van der Waals surface area contributed by atoms with E-state index in [1.54, 1.807) is 6.92 Å². The Bertz CT molecular complexity index is 137. The molecule has 2 atom stereocenters. The third-order valence-electron chi connectivity index (χ3n) is 2.14. The first kappa shape index (κ1) is 10.4. The fraction of sp³-hybridized carbons (Fsp3) is 0.857. The zero-order chi connectivity index (χ0) is 9.07. The summed E-state index contributed by atoms with van der Waals surface area (Å²) in [5.74, 6) is -1.16. The maximum absolute atomic E-state index is 10.6. The van der Waals surface area contributed by atoms with Gasteiger partial charge in [0.15, 0.2) is 0 Å². The van der Waals surface area contributed by atoms with Gasteiger partial charge in [0.2, 0.25) is 0 Å². The lowest BCUT2D eigenvalue weighted by atomic mass is 9.81. The predicted octanol–water partition coefficient (Wildman–Crippen LogP) is -0.159. The molecule has 0 amide bonds. The summed E-state index contributed by atoms with van der Waals surface area (Å²) >= 11 is 0. The minimum Gasteiger partial charge on any atom is -0.481 e. The molecule has 0 radical (unpaired) electrons. The van der Waals surface area contributed by atoms with Crippen molar-refractivity contribution in [3.8, 4) is 0 Å². The highest BCUT2D eigenvalue weighted by atomic mass is 16.4. The maximum Gasteiger partial charge on any atom is 0.314 e. The molecule has 4 heteroatoms. The van der Waals surface area contributed by atoms with Crippen molar-refractivity contribution in [2.75, 3.05) is 6.61 Å². The summed E-state index contributed by atoms with van der Waals surface area (Å²) in [5.41, 5.74) is -1.39. The molecular formula is C7H14O4. The summed E-state index contributed by atoms with van der Waals surface area (Å²) in [7, 11) is 0. The van der Waals surface area contributed by atoms with Crippen LogP contribution in [0.25, 0.3) is 0 Å². The van der Waals surface area contributed by atoms with E-state index in [0.29, 0.717) is 0 Å². The van der Waals surface area contributed by atoms with Crippen LogP contribution in [0, 0.1) is 5.41 Å². The van der Waals surface area contributed by atoms with Crippen molar-refractivity contribution in [1.29, 1.82) is 0 Å². The molecule has 0 aliphatic carbocycles. The Balaban J connectivity index is 4.61. The quantitative estimate of drug-likeness (QED) is 0.536. The van der Waals surface area contributed by atoms with Crippen molar-refractivity contribution in [3.05, 3.63) is 0 Å². The predicted molar refractivity (Wildman–Crippen MR) is 39.1 cm³/mol. The number of hydrogen-bond acceptors (Lipinski definition) is 3. The first-order valence-electron chi connectivity index (χ1n) is 3.53. The summed E-state index contributed by atoms with van der Waals surface area (Å²) in [6.07, 6.45) is -0.814. The van der Waals surface area contributed by atoms with Gasteiger partial charge in [0.25, 0.3) is 0 Å². The van der Waals surface area contributed by atoms with E-state index in [-0.39, 0.29) is 6.42 Å². The van der Waals surface area contributed by atoms with Crippen LogP contribution in [-0.2, 0) is 4.79 Å². The normalized spacial score (nSPS) is 18.9. The number of aliphatic carboxylic acids is 1. The molecule has 0 saturated heterocycles. The highest BCUT2D eigenvalue weighted by Gasteiger charge is 2.40. The van der Waals surface area contributed by atoms with Crippen LogP contribution in [0.1, 0.15) is 20.3 Å². The fourth-order valence-electron chi connectivity index (χ4n) is 0.937. The Morgan fingerprint density at radius 2 is 2.09 bits per heavy atom. The number of hydrogen-bond donors (Lipinski definition) is 3. The first-order valence-corrected chi connectivity index (χ1v) is 3.53. The lowest BCUT2D eigenvalue weighted by Crippen LogP contribution is -2.43. The standard InChI is InChI=1S/C7H14O4/c1-3-7(4-8,5(2)9)6(10)11/h5,8-9H,3-4H2,1-2H3,(H,10,11). The van der Waals surface area contributed by atoms with Crippen LogP contribution in [0.2, 0.25) is 0 Å². The van der Waals surface area contributed by atoms with Gasteiger partial charge in [-0.1, -0.05) is 6.92 Å². The zero-order valence-electron chi connectivity index (χ0n) is 6.74. The molecule has 0 aromatic heterocycles. The Labute approximate surface area is 65.5 Å². The van der Waals surface area contributed by atoms with Crippen LogP contribution in [0.15, 0.2) is 0 Å². The van der Waals surface area contributed by atoms with Crippen LogP contribution in [-0.4, -0.2) is 34.0 Å². The average molecular weight is 162 g/mol. The van der Waals surface area contributed by atoms with E-state index < -0.39 is 24.1 Å². The number of aliphatic hydroxyl groups is 2. The SMILES string of the molecule is CCC(CO)(C(=O)O)C(C)O. The highest BCUT2D eigenvalue weighted by Crippen LogP contribution is 2.25. The Kier molecular flexibility index (Phi) is 3.48. The van der Waals surface area contributed by atoms with Crippen molar-refractivity contribution >= 4 is 5.97 Å². The van der Waals surface area contributed by atoms with Crippen LogP contribution >= 0.6 is 0 Å². The average Bonchev–Trinajstić information content (AvgIpc) is 1.90. The number of carboxylic acid groups (broad SMARTS) is 1. The van der Waals surface area contributed by atoms with Gasteiger partial charge in [0.1, 0.15) is 5.41 Å². The molecule has 0 aliphatic rings. The molecule has 0 saturated carbocycles. The van der Waals surface area contributed by atoms with Gasteiger partial charge < -0.3 is 15.3 Å². The van der Waals surface area contributed by atoms with Gasteiger partial charge >= 0.3 is 5.97 Å². The van der Waals surface area contributed by atoms with Crippen molar-refractivity contribution in [3.63, 3.8) is 0 Å². The fourth-order valence-corrected chi connectivity index (χ4v) is 0.937. The van der Waals surface area contributed by atoms with Gasteiger partial charge in [-0.3, -0.25) is 4.79 Å². The van der Waals surface area contributed by atoms with Crippen LogP contribution in [0.5, 0.6) is 0 Å². The summed E-state index contributed by atoms with van der Waals surface area (Å²) in [4.78, 5) is 10.6. The molecular weight excluding hydrogens is 148 g/mol. The lowest BCUT2D eigenvalue weighted by molar-refractivity contribution is -0.160. The monoisotopic (exact) mass is 162 g/mol. The first-order chi connectivity index (χ1) is 5.01. The highest BCUT2D eigenvalue weighted by molar-refractivity contribution is 5.75.